The third-order valence-corrected chi connectivity index (χ3v) is 1.98. The van der Waals surface area contributed by atoms with Crippen LogP contribution < -0.4 is 5.32 Å². The molecule has 0 amide bonds. The molecular formula is C11H19NO2. The van der Waals surface area contributed by atoms with Crippen LogP contribution in [0.15, 0.2) is 16.5 Å². The molecule has 3 heteroatoms. The van der Waals surface area contributed by atoms with Gasteiger partial charge in [0, 0.05) is 6.54 Å². The number of hydrogen-bond donors (Lipinski definition) is 2. The molecule has 0 saturated heterocycles. The molecule has 0 bridgehead atoms. The SMILES string of the molecule is Cc1ccc(C(O)CNCC(C)C)o1. The molecule has 0 spiro atoms. The van der Waals surface area contributed by atoms with Gasteiger partial charge in [-0.05, 0) is 31.5 Å². The fraction of sp³-hybridized carbons (Fsp3) is 0.636. The number of hydrogen-bond acceptors (Lipinski definition) is 3. The van der Waals surface area contributed by atoms with Crippen LogP contribution in [0, 0.1) is 12.8 Å². The number of aryl methyl sites for hydroxylation is 1. The van der Waals surface area contributed by atoms with Crippen molar-refractivity contribution in [3.05, 3.63) is 23.7 Å². The summed E-state index contributed by atoms with van der Waals surface area (Å²) in [4.78, 5) is 0. The molecule has 0 aliphatic carbocycles. The lowest BCUT2D eigenvalue weighted by Gasteiger charge is -2.10. The first-order chi connectivity index (χ1) is 6.59. The van der Waals surface area contributed by atoms with Crippen LogP contribution in [0.4, 0.5) is 0 Å². The van der Waals surface area contributed by atoms with E-state index >= 15 is 0 Å². The third-order valence-electron chi connectivity index (χ3n) is 1.98. The molecule has 1 aromatic heterocycles. The van der Waals surface area contributed by atoms with Gasteiger partial charge in [0.15, 0.2) is 0 Å². The molecule has 80 valence electrons. The Morgan fingerprint density at radius 1 is 1.36 bits per heavy atom. The fourth-order valence-corrected chi connectivity index (χ4v) is 1.24. The van der Waals surface area contributed by atoms with Crippen molar-refractivity contribution >= 4 is 0 Å². The van der Waals surface area contributed by atoms with Crippen molar-refractivity contribution in [3.63, 3.8) is 0 Å². The van der Waals surface area contributed by atoms with Crippen molar-refractivity contribution in [2.24, 2.45) is 5.92 Å². The quantitative estimate of drug-likeness (QED) is 0.757. The van der Waals surface area contributed by atoms with E-state index in [-0.39, 0.29) is 0 Å². The first-order valence-corrected chi connectivity index (χ1v) is 5.04. The molecule has 3 nitrogen and oxygen atoms in total. The molecule has 1 atom stereocenters. The van der Waals surface area contributed by atoms with E-state index in [0.29, 0.717) is 18.2 Å². The van der Waals surface area contributed by atoms with E-state index in [2.05, 4.69) is 19.2 Å². The number of rotatable bonds is 5. The van der Waals surface area contributed by atoms with Crippen molar-refractivity contribution in [1.82, 2.24) is 5.32 Å². The summed E-state index contributed by atoms with van der Waals surface area (Å²) >= 11 is 0. The van der Waals surface area contributed by atoms with E-state index in [1.165, 1.54) is 0 Å². The van der Waals surface area contributed by atoms with Crippen LogP contribution in [-0.2, 0) is 0 Å². The van der Waals surface area contributed by atoms with Gasteiger partial charge in [-0.2, -0.15) is 0 Å². The summed E-state index contributed by atoms with van der Waals surface area (Å²) in [7, 11) is 0. The van der Waals surface area contributed by atoms with Crippen LogP contribution in [0.5, 0.6) is 0 Å². The summed E-state index contributed by atoms with van der Waals surface area (Å²) in [6.45, 7) is 7.60. The maximum Gasteiger partial charge on any atom is 0.133 e. The standard InChI is InChI=1S/C11H19NO2/c1-8(2)6-12-7-10(13)11-5-4-9(3)14-11/h4-5,8,10,12-13H,6-7H2,1-3H3. The lowest BCUT2D eigenvalue weighted by atomic mass is 10.2. The second kappa shape index (κ2) is 5.17. The van der Waals surface area contributed by atoms with Crippen molar-refractivity contribution < 1.29 is 9.52 Å². The largest absolute Gasteiger partial charge is 0.464 e. The van der Waals surface area contributed by atoms with Gasteiger partial charge in [-0.25, -0.2) is 0 Å². The molecule has 1 unspecified atom stereocenters. The molecule has 1 rings (SSSR count). The molecule has 0 aliphatic heterocycles. The highest BCUT2D eigenvalue weighted by Gasteiger charge is 2.10. The number of aliphatic hydroxyl groups excluding tert-OH is 1. The Morgan fingerprint density at radius 2 is 2.07 bits per heavy atom. The normalized spacial score (nSPS) is 13.5. The highest BCUT2D eigenvalue weighted by Crippen LogP contribution is 2.14. The minimum absolute atomic E-state index is 0.539. The van der Waals surface area contributed by atoms with E-state index in [1.54, 1.807) is 0 Å². The van der Waals surface area contributed by atoms with E-state index in [9.17, 15) is 5.11 Å². The highest BCUT2D eigenvalue weighted by molar-refractivity contribution is 5.08. The number of nitrogens with one attached hydrogen (secondary N) is 1. The summed E-state index contributed by atoms with van der Waals surface area (Å²) in [6.07, 6.45) is -0.539. The second-order valence-corrected chi connectivity index (χ2v) is 4.02. The Labute approximate surface area is 85.1 Å². The maximum atomic E-state index is 9.69. The zero-order valence-corrected chi connectivity index (χ0v) is 9.08. The molecule has 0 aliphatic rings. The van der Waals surface area contributed by atoms with Gasteiger partial charge in [-0.3, -0.25) is 0 Å². The minimum Gasteiger partial charge on any atom is -0.464 e. The van der Waals surface area contributed by atoms with Crippen LogP contribution in [0.3, 0.4) is 0 Å². The average molecular weight is 197 g/mol. The first-order valence-electron chi connectivity index (χ1n) is 5.04. The van der Waals surface area contributed by atoms with Gasteiger partial charge in [0.05, 0.1) is 0 Å². The predicted octanol–water partition coefficient (Wildman–Crippen LogP) is 1.87. The van der Waals surface area contributed by atoms with Gasteiger partial charge in [0.1, 0.15) is 17.6 Å². The smallest absolute Gasteiger partial charge is 0.133 e. The molecule has 2 N–H and O–H groups in total. The van der Waals surface area contributed by atoms with Gasteiger partial charge in [-0.15, -0.1) is 0 Å². The van der Waals surface area contributed by atoms with Crippen molar-refractivity contribution in [2.45, 2.75) is 26.9 Å². The Balaban J connectivity index is 2.32. The monoisotopic (exact) mass is 197 g/mol. The average Bonchev–Trinajstić information content (AvgIpc) is 2.51. The van der Waals surface area contributed by atoms with Crippen molar-refractivity contribution in [3.8, 4) is 0 Å². The van der Waals surface area contributed by atoms with Crippen LogP contribution >= 0.6 is 0 Å². The Kier molecular flexibility index (Phi) is 4.17. The third kappa shape index (κ3) is 3.52. The maximum absolute atomic E-state index is 9.69. The van der Waals surface area contributed by atoms with Gasteiger partial charge >= 0.3 is 0 Å². The van der Waals surface area contributed by atoms with Crippen LogP contribution in [0.1, 0.15) is 31.5 Å². The second-order valence-electron chi connectivity index (χ2n) is 4.02. The predicted molar refractivity (Wildman–Crippen MR) is 56.1 cm³/mol. The molecular weight excluding hydrogens is 178 g/mol. The summed E-state index contributed by atoms with van der Waals surface area (Å²) in [5.41, 5.74) is 0. The fourth-order valence-electron chi connectivity index (χ4n) is 1.24. The Morgan fingerprint density at radius 3 is 2.57 bits per heavy atom. The molecule has 1 aromatic rings. The highest BCUT2D eigenvalue weighted by atomic mass is 16.4. The van der Waals surface area contributed by atoms with Gasteiger partial charge in [0.25, 0.3) is 0 Å². The van der Waals surface area contributed by atoms with Crippen LogP contribution in [-0.4, -0.2) is 18.2 Å². The molecule has 1 heterocycles. The van der Waals surface area contributed by atoms with Gasteiger partial charge in [0.2, 0.25) is 0 Å². The minimum atomic E-state index is -0.539. The van der Waals surface area contributed by atoms with E-state index in [1.807, 2.05) is 19.1 Å². The first kappa shape index (κ1) is 11.3. The van der Waals surface area contributed by atoms with E-state index in [0.717, 1.165) is 12.3 Å². The summed E-state index contributed by atoms with van der Waals surface area (Å²) in [6, 6.07) is 3.68. The zero-order valence-electron chi connectivity index (χ0n) is 9.08. The van der Waals surface area contributed by atoms with Crippen LogP contribution in [0.2, 0.25) is 0 Å². The van der Waals surface area contributed by atoms with Crippen LogP contribution in [0.25, 0.3) is 0 Å². The Bertz CT molecular complexity index is 268. The Hall–Kier alpha value is -0.800. The van der Waals surface area contributed by atoms with Gasteiger partial charge in [-0.1, -0.05) is 13.8 Å². The van der Waals surface area contributed by atoms with E-state index in [4.69, 9.17) is 4.42 Å². The van der Waals surface area contributed by atoms with E-state index < -0.39 is 6.10 Å². The molecule has 0 radical (unpaired) electrons. The molecule has 0 aromatic carbocycles. The number of aliphatic hydroxyl groups is 1. The lowest BCUT2D eigenvalue weighted by molar-refractivity contribution is 0.145. The summed E-state index contributed by atoms with van der Waals surface area (Å²) < 4.78 is 5.31. The summed E-state index contributed by atoms with van der Waals surface area (Å²) in [5.74, 6) is 2.07. The number of furan rings is 1. The topological polar surface area (TPSA) is 45.4 Å². The van der Waals surface area contributed by atoms with Gasteiger partial charge < -0.3 is 14.8 Å². The zero-order chi connectivity index (χ0) is 10.6. The lowest BCUT2D eigenvalue weighted by Crippen LogP contribution is -2.25. The summed E-state index contributed by atoms with van der Waals surface area (Å²) in [5, 5.41) is 12.9. The van der Waals surface area contributed by atoms with Crippen molar-refractivity contribution in [2.75, 3.05) is 13.1 Å². The molecule has 0 saturated carbocycles. The molecule has 14 heavy (non-hydrogen) atoms. The van der Waals surface area contributed by atoms with Crippen molar-refractivity contribution in [1.29, 1.82) is 0 Å². The molecule has 0 fully saturated rings.